The van der Waals surface area contributed by atoms with Crippen LogP contribution in [0.15, 0.2) is 42.7 Å². The average Bonchev–Trinajstić information content (AvgIpc) is 2.97. The molecule has 1 N–H and O–H groups in total. The van der Waals surface area contributed by atoms with E-state index in [2.05, 4.69) is 73.4 Å². The Hall–Kier alpha value is -1.54. The van der Waals surface area contributed by atoms with Crippen molar-refractivity contribution in [1.29, 1.82) is 0 Å². The molecule has 21 heavy (non-hydrogen) atoms. The smallest absolute Gasteiger partial charge is 0.0470 e. The highest BCUT2D eigenvalue weighted by Crippen LogP contribution is 2.18. The van der Waals surface area contributed by atoms with E-state index < -0.39 is 0 Å². The number of nitrogens with zero attached hydrogens (tertiary/aromatic N) is 1. The van der Waals surface area contributed by atoms with Gasteiger partial charge in [-0.15, -0.1) is 0 Å². The molecule has 0 radical (unpaired) electrons. The van der Waals surface area contributed by atoms with Crippen LogP contribution in [0.5, 0.6) is 0 Å². The van der Waals surface area contributed by atoms with E-state index in [1.807, 2.05) is 0 Å². The molecular formula is C19H28N2. The molecular weight excluding hydrogens is 256 g/mol. The van der Waals surface area contributed by atoms with Crippen molar-refractivity contribution >= 4 is 0 Å². The molecule has 0 bridgehead atoms. The second-order valence-corrected chi connectivity index (χ2v) is 5.70. The Labute approximate surface area is 129 Å². The molecule has 1 aromatic heterocycles. The van der Waals surface area contributed by atoms with Crippen LogP contribution in [0.25, 0.3) is 0 Å². The van der Waals surface area contributed by atoms with Crippen LogP contribution in [-0.2, 0) is 13.0 Å². The van der Waals surface area contributed by atoms with Crippen molar-refractivity contribution in [3.05, 3.63) is 59.4 Å². The van der Waals surface area contributed by atoms with Crippen LogP contribution >= 0.6 is 0 Å². The molecule has 0 spiro atoms. The normalized spacial score (nSPS) is 12.5. The van der Waals surface area contributed by atoms with Crippen molar-refractivity contribution in [3.8, 4) is 0 Å². The molecule has 0 saturated carbocycles. The van der Waals surface area contributed by atoms with E-state index >= 15 is 0 Å². The second kappa shape index (κ2) is 8.04. The molecule has 114 valence electrons. The minimum atomic E-state index is 0.480. The van der Waals surface area contributed by atoms with E-state index in [9.17, 15) is 0 Å². The van der Waals surface area contributed by atoms with Crippen LogP contribution in [0.4, 0.5) is 0 Å². The van der Waals surface area contributed by atoms with Crippen LogP contribution < -0.4 is 5.32 Å². The Morgan fingerprint density at radius 2 is 1.71 bits per heavy atom. The summed E-state index contributed by atoms with van der Waals surface area (Å²) >= 11 is 0. The predicted molar refractivity (Wildman–Crippen MR) is 90.7 cm³/mol. The standard InChI is InChI=1S/C19H28N2/c1-4-12-20-19(6-3)18-11-13-21(15-18)14-17-9-7-16(5-2)8-10-17/h7-11,13,15,19-20H,4-6,12,14H2,1-3H3. The summed E-state index contributed by atoms with van der Waals surface area (Å²) in [6.07, 6.45) is 7.90. The molecule has 1 heterocycles. The van der Waals surface area contributed by atoms with E-state index in [0.717, 1.165) is 25.9 Å². The maximum Gasteiger partial charge on any atom is 0.0470 e. The third-order valence-electron chi connectivity index (χ3n) is 4.02. The molecule has 0 fully saturated rings. The van der Waals surface area contributed by atoms with Crippen LogP contribution in [0, 0.1) is 0 Å². The van der Waals surface area contributed by atoms with Gasteiger partial charge in [0.2, 0.25) is 0 Å². The Morgan fingerprint density at radius 1 is 1.00 bits per heavy atom. The summed E-state index contributed by atoms with van der Waals surface area (Å²) in [5.41, 5.74) is 4.17. The number of rotatable bonds is 8. The van der Waals surface area contributed by atoms with Gasteiger partial charge in [-0.25, -0.2) is 0 Å². The number of hydrogen-bond acceptors (Lipinski definition) is 1. The highest BCUT2D eigenvalue weighted by molar-refractivity contribution is 5.24. The van der Waals surface area contributed by atoms with Gasteiger partial charge in [0.15, 0.2) is 0 Å². The van der Waals surface area contributed by atoms with Gasteiger partial charge in [-0.3, -0.25) is 0 Å². The quantitative estimate of drug-likeness (QED) is 0.752. The minimum Gasteiger partial charge on any atom is -0.350 e. The third kappa shape index (κ3) is 4.47. The van der Waals surface area contributed by atoms with Gasteiger partial charge in [0.1, 0.15) is 0 Å². The van der Waals surface area contributed by atoms with Gasteiger partial charge < -0.3 is 9.88 Å². The first-order chi connectivity index (χ1) is 10.3. The number of nitrogens with one attached hydrogen (secondary N) is 1. The number of benzene rings is 1. The summed E-state index contributed by atoms with van der Waals surface area (Å²) in [5, 5.41) is 3.61. The zero-order valence-corrected chi connectivity index (χ0v) is 13.6. The Kier molecular flexibility index (Phi) is 6.06. The average molecular weight is 284 g/mol. The van der Waals surface area contributed by atoms with Crippen molar-refractivity contribution in [3.63, 3.8) is 0 Å². The van der Waals surface area contributed by atoms with Crippen molar-refractivity contribution in [2.75, 3.05) is 6.54 Å². The van der Waals surface area contributed by atoms with Crippen molar-refractivity contribution in [1.82, 2.24) is 9.88 Å². The van der Waals surface area contributed by atoms with Crippen LogP contribution in [0.3, 0.4) is 0 Å². The molecule has 1 aromatic carbocycles. The van der Waals surface area contributed by atoms with Crippen LogP contribution in [-0.4, -0.2) is 11.1 Å². The van der Waals surface area contributed by atoms with Gasteiger partial charge in [-0.1, -0.05) is 45.0 Å². The predicted octanol–water partition coefficient (Wildman–Crippen LogP) is 4.55. The molecule has 2 heteroatoms. The molecule has 1 unspecified atom stereocenters. The van der Waals surface area contributed by atoms with E-state index in [-0.39, 0.29) is 0 Å². The van der Waals surface area contributed by atoms with E-state index in [0.29, 0.717) is 6.04 Å². The molecule has 0 aliphatic rings. The SMILES string of the molecule is CCCNC(CC)c1ccn(Cc2ccc(CC)cc2)c1. The van der Waals surface area contributed by atoms with Gasteiger partial charge in [-0.2, -0.15) is 0 Å². The van der Waals surface area contributed by atoms with E-state index in [1.165, 1.54) is 23.1 Å². The summed E-state index contributed by atoms with van der Waals surface area (Å²) in [7, 11) is 0. The maximum absolute atomic E-state index is 3.61. The number of aryl methyl sites for hydroxylation is 1. The fourth-order valence-corrected chi connectivity index (χ4v) is 2.67. The molecule has 2 rings (SSSR count). The van der Waals surface area contributed by atoms with Crippen molar-refractivity contribution in [2.45, 2.75) is 52.6 Å². The highest BCUT2D eigenvalue weighted by atomic mass is 15.0. The van der Waals surface area contributed by atoms with Gasteiger partial charge in [0, 0.05) is 25.0 Å². The summed E-state index contributed by atoms with van der Waals surface area (Å²) < 4.78 is 2.28. The molecule has 1 atom stereocenters. The maximum atomic E-state index is 3.61. The fourth-order valence-electron chi connectivity index (χ4n) is 2.67. The largest absolute Gasteiger partial charge is 0.350 e. The summed E-state index contributed by atoms with van der Waals surface area (Å²) in [5.74, 6) is 0. The molecule has 0 saturated heterocycles. The summed E-state index contributed by atoms with van der Waals surface area (Å²) in [6, 6.07) is 11.7. The first-order valence-electron chi connectivity index (χ1n) is 8.23. The van der Waals surface area contributed by atoms with Gasteiger partial charge in [0.05, 0.1) is 0 Å². The van der Waals surface area contributed by atoms with Gasteiger partial charge in [0.25, 0.3) is 0 Å². The Morgan fingerprint density at radius 3 is 2.33 bits per heavy atom. The molecule has 2 nitrogen and oxygen atoms in total. The lowest BCUT2D eigenvalue weighted by atomic mass is 10.1. The lowest BCUT2D eigenvalue weighted by molar-refractivity contribution is 0.517. The zero-order chi connectivity index (χ0) is 15.1. The monoisotopic (exact) mass is 284 g/mol. The summed E-state index contributed by atoms with van der Waals surface area (Å²) in [4.78, 5) is 0. The topological polar surface area (TPSA) is 17.0 Å². The molecule has 2 aromatic rings. The van der Waals surface area contributed by atoms with Gasteiger partial charge >= 0.3 is 0 Å². The Bertz CT molecular complexity index is 525. The van der Waals surface area contributed by atoms with Crippen LogP contribution in [0.2, 0.25) is 0 Å². The lowest BCUT2D eigenvalue weighted by Crippen LogP contribution is -2.21. The second-order valence-electron chi connectivity index (χ2n) is 5.70. The first-order valence-corrected chi connectivity index (χ1v) is 8.23. The minimum absolute atomic E-state index is 0.480. The lowest BCUT2D eigenvalue weighted by Gasteiger charge is -2.15. The zero-order valence-electron chi connectivity index (χ0n) is 13.6. The fraction of sp³-hybridized carbons (Fsp3) is 0.474. The molecule has 0 aliphatic heterocycles. The van der Waals surface area contributed by atoms with Crippen LogP contribution in [0.1, 0.15) is 56.3 Å². The molecule has 0 aliphatic carbocycles. The van der Waals surface area contributed by atoms with E-state index in [4.69, 9.17) is 0 Å². The first kappa shape index (κ1) is 15.8. The number of hydrogen-bond donors (Lipinski definition) is 1. The van der Waals surface area contributed by atoms with Crippen molar-refractivity contribution in [2.24, 2.45) is 0 Å². The summed E-state index contributed by atoms with van der Waals surface area (Å²) in [6.45, 7) is 8.69. The highest BCUT2D eigenvalue weighted by Gasteiger charge is 2.09. The van der Waals surface area contributed by atoms with Gasteiger partial charge in [-0.05, 0) is 48.6 Å². The molecule has 0 amide bonds. The third-order valence-corrected chi connectivity index (χ3v) is 4.02. The van der Waals surface area contributed by atoms with Crippen molar-refractivity contribution < 1.29 is 0 Å². The number of aromatic nitrogens is 1. The van der Waals surface area contributed by atoms with E-state index in [1.54, 1.807) is 0 Å². The Balaban J connectivity index is 2.01.